The van der Waals surface area contributed by atoms with Crippen molar-refractivity contribution in [3.63, 3.8) is 0 Å². The van der Waals surface area contributed by atoms with Crippen molar-refractivity contribution in [1.29, 1.82) is 0 Å². The van der Waals surface area contributed by atoms with Crippen LogP contribution < -0.4 is 4.74 Å². The van der Waals surface area contributed by atoms with E-state index < -0.39 is 21.8 Å². The maximum atomic E-state index is 13.2. The van der Waals surface area contributed by atoms with E-state index in [1.165, 1.54) is 34.6 Å². The number of halogens is 3. The number of fused-ring (bicyclic) bond motifs is 1. The lowest BCUT2D eigenvalue weighted by Crippen LogP contribution is -2.31. The van der Waals surface area contributed by atoms with E-state index in [4.69, 9.17) is 4.74 Å². The Hall–Kier alpha value is -3.43. The summed E-state index contributed by atoms with van der Waals surface area (Å²) in [4.78, 5) is 4.46. The third-order valence-corrected chi connectivity index (χ3v) is 7.89. The van der Waals surface area contributed by atoms with Gasteiger partial charge in [-0.2, -0.15) is 17.5 Å². The topological polar surface area (TPSA) is 59.5 Å². The van der Waals surface area contributed by atoms with Crippen LogP contribution in [0, 0.1) is 0 Å². The third kappa shape index (κ3) is 4.74. The molecule has 0 N–H and O–H groups in total. The van der Waals surface area contributed by atoms with E-state index in [2.05, 4.69) is 4.98 Å². The van der Waals surface area contributed by atoms with Crippen LogP contribution in [-0.2, 0) is 16.2 Å². The molecule has 0 spiro atoms. The molecule has 1 atom stereocenters. The van der Waals surface area contributed by atoms with Crippen LogP contribution in [0.15, 0.2) is 90.0 Å². The van der Waals surface area contributed by atoms with Crippen LogP contribution in [0.2, 0.25) is 0 Å². The largest absolute Gasteiger partial charge is 0.487 e. The number of sulfonamides is 1. The van der Waals surface area contributed by atoms with E-state index >= 15 is 0 Å². The first kappa shape index (κ1) is 23.3. The standard InChI is InChI=1S/C26H21F3N2O3S/c27-26(28,29)21-7-1-5-20(16-21)18-9-11-23(12-10-18)35(32,33)31-15-13-22(17-31)34-24-8-2-4-19-6-3-14-30-25(19)24/h1-12,14,16,22H,13,15,17H2. The molecular formula is C26H21F3N2O3S. The SMILES string of the molecule is O=S(=O)(c1ccc(-c2cccc(C(F)(F)F)c2)cc1)N1CCC(Oc2cccc3cccnc23)C1. The number of para-hydroxylation sites is 1. The van der Waals surface area contributed by atoms with Crippen LogP contribution in [0.1, 0.15) is 12.0 Å². The van der Waals surface area contributed by atoms with Crippen LogP contribution in [0.5, 0.6) is 5.75 Å². The number of aromatic nitrogens is 1. The van der Waals surface area contributed by atoms with E-state index in [1.807, 2.05) is 30.3 Å². The summed E-state index contributed by atoms with van der Waals surface area (Å²) in [5.74, 6) is 0.609. The Morgan fingerprint density at radius 1 is 0.914 bits per heavy atom. The molecular weight excluding hydrogens is 477 g/mol. The third-order valence-electron chi connectivity index (χ3n) is 6.01. The normalized spacial score (nSPS) is 17.1. The molecule has 1 saturated heterocycles. The fourth-order valence-corrected chi connectivity index (χ4v) is 5.69. The number of pyridine rings is 1. The number of nitrogens with zero attached hydrogens (tertiary/aromatic N) is 2. The van der Waals surface area contributed by atoms with Crippen LogP contribution in [0.4, 0.5) is 13.2 Å². The fourth-order valence-electron chi connectivity index (χ4n) is 4.21. The summed E-state index contributed by atoms with van der Waals surface area (Å²) in [6.07, 6.45) is -2.55. The lowest BCUT2D eigenvalue weighted by Gasteiger charge is -2.18. The van der Waals surface area contributed by atoms with E-state index in [0.29, 0.717) is 29.8 Å². The highest BCUT2D eigenvalue weighted by Gasteiger charge is 2.34. The van der Waals surface area contributed by atoms with Crippen molar-refractivity contribution in [2.45, 2.75) is 23.6 Å². The highest BCUT2D eigenvalue weighted by molar-refractivity contribution is 7.89. The van der Waals surface area contributed by atoms with Crippen molar-refractivity contribution < 1.29 is 26.3 Å². The van der Waals surface area contributed by atoms with E-state index in [1.54, 1.807) is 12.3 Å². The van der Waals surface area contributed by atoms with Gasteiger partial charge in [-0.15, -0.1) is 0 Å². The van der Waals surface area contributed by atoms with Gasteiger partial charge >= 0.3 is 6.18 Å². The molecule has 0 aliphatic carbocycles. The maximum absolute atomic E-state index is 13.2. The lowest BCUT2D eigenvalue weighted by molar-refractivity contribution is -0.137. The van der Waals surface area contributed by atoms with E-state index in [0.717, 1.165) is 23.0 Å². The number of hydrogen-bond donors (Lipinski definition) is 0. The van der Waals surface area contributed by atoms with Crippen molar-refractivity contribution in [3.8, 4) is 16.9 Å². The minimum absolute atomic E-state index is 0.0840. The predicted molar refractivity (Wildman–Crippen MR) is 126 cm³/mol. The van der Waals surface area contributed by atoms with Crippen LogP contribution in [0.3, 0.4) is 0 Å². The van der Waals surface area contributed by atoms with E-state index in [9.17, 15) is 21.6 Å². The second-order valence-corrected chi connectivity index (χ2v) is 10.3. The van der Waals surface area contributed by atoms with E-state index in [-0.39, 0.29) is 17.5 Å². The smallest absolute Gasteiger partial charge is 0.416 e. The molecule has 180 valence electrons. The number of rotatable bonds is 5. The lowest BCUT2D eigenvalue weighted by atomic mass is 10.0. The Bertz CT molecular complexity index is 1470. The predicted octanol–water partition coefficient (Wildman–Crippen LogP) is 5.76. The van der Waals surface area contributed by atoms with Gasteiger partial charge in [-0.3, -0.25) is 4.98 Å². The molecule has 35 heavy (non-hydrogen) atoms. The van der Waals surface area contributed by atoms with Crippen molar-refractivity contribution in [2.24, 2.45) is 0 Å². The quantitative estimate of drug-likeness (QED) is 0.351. The monoisotopic (exact) mass is 498 g/mol. The molecule has 9 heteroatoms. The zero-order valence-corrected chi connectivity index (χ0v) is 19.3. The number of alkyl halides is 3. The van der Waals surface area contributed by atoms with Gasteiger partial charge in [0.15, 0.2) is 0 Å². The van der Waals surface area contributed by atoms with Gasteiger partial charge in [-0.25, -0.2) is 8.42 Å². The number of hydrogen-bond acceptors (Lipinski definition) is 4. The molecule has 0 saturated carbocycles. The molecule has 2 heterocycles. The van der Waals surface area contributed by atoms with Gasteiger partial charge in [0.05, 0.1) is 17.0 Å². The number of benzene rings is 3. The van der Waals surface area contributed by atoms with Gasteiger partial charge in [0.1, 0.15) is 17.4 Å². The molecule has 4 aromatic rings. The summed E-state index contributed by atoms with van der Waals surface area (Å²) in [7, 11) is -3.78. The number of ether oxygens (including phenoxy) is 1. The Kier molecular flexibility index (Phi) is 5.98. The molecule has 1 unspecified atom stereocenters. The van der Waals surface area contributed by atoms with Crippen molar-refractivity contribution in [3.05, 3.63) is 90.6 Å². The summed E-state index contributed by atoms with van der Waals surface area (Å²) < 4.78 is 72.9. The maximum Gasteiger partial charge on any atom is 0.416 e. The first-order valence-corrected chi connectivity index (χ1v) is 12.4. The minimum Gasteiger partial charge on any atom is -0.487 e. The first-order chi connectivity index (χ1) is 16.7. The van der Waals surface area contributed by atoms with Crippen molar-refractivity contribution >= 4 is 20.9 Å². The molecule has 0 bridgehead atoms. The molecule has 5 rings (SSSR count). The van der Waals surface area contributed by atoms with Gasteiger partial charge < -0.3 is 4.74 Å². The summed E-state index contributed by atoms with van der Waals surface area (Å²) in [5.41, 5.74) is 0.834. The van der Waals surface area contributed by atoms with Crippen LogP contribution in [0.25, 0.3) is 22.0 Å². The highest BCUT2D eigenvalue weighted by Crippen LogP contribution is 2.33. The highest BCUT2D eigenvalue weighted by atomic mass is 32.2. The minimum atomic E-state index is -4.45. The Morgan fingerprint density at radius 3 is 2.43 bits per heavy atom. The summed E-state index contributed by atoms with van der Waals surface area (Å²) >= 11 is 0. The summed E-state index contributed by atoms with van der Waals surface area (Å²) in [6.45, 7) is 0.501. The Balaban J connectivity index is 1.31. The first-order valence-electron chi connectivity index (χ1n) is 11.0. The van der Waals surface area contributed by atoms with Crippen molar-refractivity contribution in [1.82, 2.24) is 9.29 Å². The second-order valence-electron chi connectivity index (χ2n) is 8.33. The van der Waals surface area contributed by atoms with Crippen molar-refractivity contribution in [2.75, 3.05) is 13.1 Å². The Labute approximate surface area is 200 Å². The molecule has 5 nitrogen and oxygen atoms in total. The molecule has 0 amide bonds. The molecule has 0 radical (unpaired) electrons. The second kappa shape index (κ2) is 8.98. The van der Waals surface area contributed by atoms with Gasteiger partial charge in [-0.1, -0.05) is 42.5 Å². The molecule has 1 aliphatic heterocycles. The Morgan fingerprint density at radius 2 is 1.66 bits per heavy atom. The van der Waals surface area contributed by atoms with Crippen LogP contribution in [-0.4, -0.2) is 36.9 Å². The molecule has 1 aromatic heterocycles. The summed E-state index contributed by atoms with van der Waals surface area (Å²) in [5, 5.41) is 0.938. The molecule has 1 aliphatic rings. The zero-order chi connectivity index (χ0) is 24.6. The van der Waals surface area contributed by atoms with Gasteiger partial charge in [0, 0.05) is 18.1 Å². The molecule has 3 aromatic carbocycles. The average molecular weight is 499 g/mol. The average Bonchev–Trinajstić information content (AvgIpc) is 3.33. The summed E-state index contributed by atoms with van der Waals surface area (Å²) in [6, 6.07) is 20.2. The molecule has 1 fully saturated rings. The van der Waals surface area contributed by atoms with Gasteiger partial charge in [0.2, 0.25) is 10.0 Å². The fraction of sp³-hybridized carbons (Fsp3) is 0.192. The van der Waals surface area contributed by atoms with Gasteiger partial charge in [0.25, 0.3) is 0 Å². The van der Waals surface area contributed by atoms with Crippen LogP contribution >= 0.6 is 0 Å². The van der Waals surface area contributed by atoms with Gasteiger partial charge in [-0.05, 0) is 53.9 Å². The zero-order valence-electron chi connectivity index (χ0n) is 18.4.